The van der Waals surface area contributed by atoms with E-state index in [1.54, 1.807) is 12.1 Å². The van der Waals surface area contributed by atoms with Crippen LogP contribution in [0.15, 0.2) is 38.6 Å². The maximum Gasteiger partial charge on any atom is 0.205 e. The summed E-state index contributed by atoms with van der Waals surface area (Å²) in [5.41, 5.74) is 0.570. The molecule has 15 heavy (non-hydrogen) atoms. The topological polar surface area (TPSA) is 49.9 Å². The lowest BCUT2D eigenvalue weighted by Crippen LogP contribution is -2.10. The lowest BCUT2D eigenvalue weighted by Gasteiger charge is -2.00. The van der Waals surface area contributed by atoms with Gasteiger partial charge in [0.05, 0.1) is 16.3 Å². The van der Waals surface area contributed by atoms with E-state index >= 15 is 0 Å². The summed E-state index contributed by atoms with van der Waals surface area (Å²) in [5, 5.41) is 0.561. The summed E-state index contributed by atoms with van der Waals surface area (Å²) in [6.45, 7) is 0. The van der Waals surface area contributed by atoms with Crippen LogP contribution in [0, 0.1) is 0 Å². The van der Waals surface area contributed by atoms with Gasteiger partial charge in [-0.2, -0.15) is 0 Å². The highest BCUT2D eigenvalue weighted by atomic mass is 79.9. The highest BCUT2D eigenvalue weighted by molar-refractivity contribution is 9.10. The maximum absolute atomic E-state index is 11.9. The molecule has 0 saturated carbocycles. The molecule has 1 unspecified atom stereocenters. The molecule has 1 heterocycles. The van der Waals surface area contributed by atoms with Gasteiger partial charge in [-0.3, -0.25) is 9.00 Å². The molecule has 0 radical (unpaired) electrons. The van der Waals surface area contributed by atoms with E-state index in [-0.39, 0.29) is 5.43 Å². The molecule has 2 aromatic rings. The van der Waals surface area contributed by atoms with Crippen LogP contribution in [-0.4, -0.2) is 15.4 Å². The Labute approximate surface area is 97.1 Å². The Morgan fingerprint density at radius 3 is 2.80 bits per heavy atom. The average molecular weight is 286 g/mol. The van der Waals surface area contributed by atoms with Gasteiger partial charge < -0.3 is 4.98 Å². The molecule has 0 amide bonds. The molecule has 0 aliphatic rings. The molecular formula is C10H8BrNO2S. The van der Waals surface area contributed by atoms with Crippen LogP contribution in [0.3, 0.4) is 0 Å². The summed E-state index contributed by atoms with van der Waals surface area (Å²) in [7, 11) is -1.26. The number of hydrogen-bond donors (Lipinski definition) is 1. The van der Waals surface area contributed by atoms with Crippen LogP contribution < -0.4 is 5.43 Å². The van der Waals surface area contributed by atoms with Gasteiger partial charge in [-0.05, 0) is 18.2 Å². The quantitative estimate of drug-likeness (QED) is 0.872. The van der Waals surface area contributed by atoms with Gasteiger partial charge in [0.25, 0.3) is 0 Å². The lowest BCUT2D eigenvalue weighted by molar-refractivity contribution is 0.686. The number of benzene rings is 1. The van der Waals surface area contributed by atoms with Crippen molar-refractivity contribution in [2.24, 2.45) is 0 Å². The Balaban J connectivity index is 2.86. The second-order valence-electron chi connectivity index (χ2n) is 3.13. The van der Waals surface area contributed by atoms with Crippen molar-refractivity contribution in [1.82, 2.24) is 4.98 Å². The fourth-order valence-corrected chi connectivity index (χ4v) is 2.35. The molecule has 0 aliphatic carbocycles. The molecule has 0 bridgehead atoms. The molecule has 1 N–H and O–H groups in total. The zero-order chi connectivity index (χ0) is 11.0. The molecule has 2 rings (SSSR count). The first-order valence-electron chi connectivity index (χ1n) is 4.24. The molecule has 0 saturated heterocycles. The van der Waals surface area contributed by atoms with Gasteiger partial charge in [0.1, 0.15) is 4.90 Å². The molecule has 3 nitrogen and oxygen atoms in total. The molecule has 1 aromatic heterocycles. The van der Waals surface area contributed by atoms with E-state index in [9.17, 15) is 9.00 Å². The minimum Gasteiger partial charge on any atom is -0.360 e. The lowest BCUT2D eigenvalue weighted by atomic mass is 10.2. The van der Waals surface area contributed by atoms with Gasteiger partial charge in [-0.1, -0.05) is 15.9 Å². The third kappa shape index (κ3) is 1.89. The van der Waals surface area contributed by atoms with Gasteiger partial charge in [0, 0.05) is 22.3 Å². The number of aromatic amines is 1. The summed E-state index contributed by atoms with van der Waals surface area (Å²) in [5.74, 6) is 0. The predicted molar refractivity (Wildman–Crippen MR) is 64.6 cm³/mol. The Morgan fingerprint density at radius 2 is 2.13 bits per heavy atom. The van der Waals surface area contributed by atoms with Crippen molar-refractivity contribution in [1.29, 1.82) is 0 Å². The van der Waals surface area contributed by atoms with Crippen molar-refractivity contribution >= 4 is 37.6 Å². The average Bonchev–Trinajstić information content (AvgIpc) is 2.17. The summed E-state index contributed by atoms with van der Waals surface area (Å²) >= 11 is 3.32. The van der Waals surface area contributed by atoms with Crippen molar-refractivity contribution in [2.45, 2.75) is 4.90 Å². The summed E-state index contributed by atoms with van der Waals surface area (Å²) in [6, 6.07) is 5.33. The highest BCUT2D eigenvalue weighted by Gasteiger charge is 2.07. The SMILES string of the molecule is CS(=O)c1c[nH]c2cc(Br)ccc2c1=O. The number of H-pyrrole nitrogens is 1. The van der Waals surface area contributed by atoms with Crippen LogP contribution in [0.2, 0.25) is 0 Å². The molecule has 0 spiro atoms. The van der Waals surface area contributed by atoms with Crippen molar-refractivity contribution in [3.8, 4) is 0 Å². The second-order valence-corrected chi connectivity index (χ2v) is 5.39. The Bertz CT molecular complexity index is 606. The zero-order valence-electron chi connectivity index (χ0n) is 7.91. The van der Waals surface area contributed by atoms with Crippen molar-refractivity contribution < 1.29 is 4.21 Å². The van der Waals surface area contributed by atoms with E-state index in [0.29, 0.717) is 10.3 Å². The molecular weight excluding hydrogens is 278 g/mol. The first-order chi connectivity index (χ1) is 7.09. The fraction of sp³-hybridized carbons (Fsp3) is 0.100. The van der Waals surface area contributed by atoms with E-state index < -0.39 is 10.8 Å². The summed E-state index contributed by atoms with van der Waals surface area (Å²) in [6.07, 6.45) is 3.00. The van der Waals surface area contributed by atoms with Crippen molar-refractivity contribution in [3.05, 3.63) is 39.1 Å². The van der Waals surface area contributed by atoms with Crippen LogP contribution in [0.1, 0.15) is 0 Å². The van der Waals surface area contributed by atoms with E-state index in [2.05, 4.69) is 20.9 Å². The number of rotatable bonds is 1. The molecule has 5 heteroatoms. The van der Waals surface area contributed by atoms with Gasteiger partial charge in [-0.15, -0.1) is 0 Å². The number of hydrogen-bond acceptors (Lipinski definition) is 2. The Kier molecular flexibility index (Phi) is 2.75. The second kappa shape index (κ2) is 3.90. The van der Waals surface area contributed by atoms with Crippen molar-refractivity contribution in [3.63, 3.8) is 0 Å². The van der Waals surface area contributed by atoms with Crippen LogP contribution in [0.5, 0.6) is 0 Å². The number of aromatic nitrogens is 1. The normalized spacial score (nSPS) is 12.9. The largest absolute Gasteiger partial charge is 0.360 e. The number of fused-ring (bicyclic) bond motifs is 1. The zero-order valence-corrected chi connectivity index (χ0v) is 10.3. The van der Waals surface area contributed by atoms with E-state index in [1.165, 1.54) is 12.5 Å². The van der Waals surface area contributed by atoms with E-state index in [1.807, 2.05) is 6.07 Å². The number of halogens is 1. The Hall–Kier alpha value is -0.940. The third-order valence-corrected chi connectivity index (χ3v) is 3.53. The maximum atomic E-state index is 11.9. The Morgan fingerprint density at radius 1 is 1.40 bits per heavy atom. The highest BCUT2D eigenvalue weighted by Crippen LogP contribution is 2.16. The fourth-order valence-electron chi connectivity index (χ4n) is 1.39. The number of nitrogens with one attached hydrogen (secondary N) is 1. The van der Waals surface area contributed by atoms with Gasteiger partial charge in [0.2, 0.25) is 5.43 Å². The minimum absolute atomic E-state index is 0.169. The van der Waals surface area contributed by atoms with Crippen LogP contribution in [0.4, 0.5) is 0 Å². The molecule has 1 aromatic carbocycles. The number of pyridine rings is 1. The van der Waals surface area contributed by atoms with E-state index in [4.69, 9.17) is 0 Å². The third-order valence-electron chi connectivity index (χ3n) is 2.12. The van der Waals surface area contributed by atoms with Crippen LogP contribution >= 0.6 is 15.9 Å². The molecule has 0 fully saturated rings. The van der Waals surface area contributed by atoms with E-state index in [0.717, 1.165) is 9.99 Å². The predicted octanol–water partition coefficient (Wildman–Crippen LogP) is 2.03. The standard InChI is InChI=1S/C10H8BrNO2S/c1-15(14)9-5-12-8-4-6(11)2-3-7(8)10(9)13/h2-5H,1H3,(H,12,13). The molecule has 0 aliphatic heterocycles. The monoisotopic (exact) mass is 285 g/mol. The molecule has 1 atom stereocenters. The first kappa shape index (κ1) is 10.6. The van der Waals surface area contributed by atoms with Gasteiger partial charge in [-0.25, -0.2) is 0 Å². The van der Waals surface area contributed by atoms with Crippen molar-refractivity contribution in [2.75, 3.05) is 6.26 Å². The van der Waals surface area contributed by atoms with Crippen LogP contribution in [0.25, 0.3) is 10.9 Å². The smallest absolute Gasteiger partial charge is 0.205 e. The van der Waals surface area contributed by atoms with Gasteiger partial charge >= 0.3 is 0 Å². The summed E-state index contributed by atoms with van der Waals surface area (Å²) < 4.78 is 12.2. The van der Waals surface area contributed by atoms with Gasteiger partial charge in [0.15, 0.2) is 0 Å². The van der Waals surface area contributed by atoms with Crippen LogP contribution in [-0.2, 0) is 10.8 Å². The molecule has 78 valence electrons. The minimum atomic E-state index is -1.26. The summed E-state index contributed by atoms with van der Waals surface area (Å²) in [4.78, 5) is 15.1. The first-order valence-corrected chi connectivity index (χ1v) is 6.59.